The van der Waals surface area contributed by atoms with Crippen LogP contribution in [0.4, 0.5) is 13.9 Å². The number of alkyl halides is 2. The molecule has 4 nitrogen and oxygen atoms in total. The van der Waals surface area contributed by atoms with Crippen molar-refractivity contribution in [1.82, 2.24) is 10.3 Å². The first-order valence-corrected chi connectivity index (χ1v) is 7.64. The van der Waals surface area contributed by atoms with Crippen molar-refractivity contribution in [2.24, 2.45) is 5.92 Å². The molecule has 2 heterocycles. The summed E-state index contributed by atoms with van der Waals surface area (Å²) in [5, 5.41) is 5.32. The average Bonchev–Trinajstić information content (AvgIpc) is 2.84. The van der Waals surface area contributed by atoms with Crippen LogP contribution in [0.3, 0.4) is 0 Å². The molecule has 7 heteroatoms. The quantitative estimate of drug-likeness (QED) is 0.909. The van der Waals surface area contributed by atoms with Crippen molar-refractivity contribution in [3.8, 4) is 0 Å². The van der Waals surface area contributed by atoms with Crippen molar-refractivity contribution in [3.63, 3.8) is 0 Å². The number of thiazole rings is 1. The molecule has 1 fully saturated rings. The van der Waals surface area contributed by atoms with Gasteiger partial charge in [-0.25, -0.2) is 13.8 Å². The summed E-state index contributed by atoms with van der Waals surface area (Å²) in [6.07, 6.45) is -0.326. The van der Waals surface area contributed by atoms with Crippen molar-refractivity contribution in [2.45, 2.75) is 32.6 Å². The number of nitrogens with zero attached hydrogens (tertiary/aromatic N) is 2. The Balaban J connectivity index is 1.73. The molecule has 0 saturated carbocycles. The molecule has 112 valence electrons. The van der Waals surface area contributed by atoms with Crippen LogP contribution in [-0.4, -0.2) is 37.0 Å². The van der Waals surface area contributed by atoms with Crippen LogP contribution in [0.15, 0.2) is 5.38 Å². The molecule has 1 aromatic rings. The lowest BCUT2D eigenvalue weighted by atomic mass is 9.93. The van der Waals surface area contributed by atoms with Crippen LogP contribution < -0.4 is 10.2 Å². The van der Waals surface area contributed by atoms with Crippen molar-refractivity contribution in [1.29, 1.82) is 0 Å². The zero-order chi connectivity index (χ0) is 14.5. The fraction of sp³-hybridized carbons (Fsp3) is 0.692. The largest absolute Gasteiger partial charge is 0.350 e. The van der Waals surface area contributed by atoms with Gasteiger partial charge in [-0.15, -0.1) is 11.3 Å². The number of piperidine rings is 1. The molecule has 0 aromatic carbocycles. The van der Waals surface area contributed by atoms with Crippen LogP contribution in [0.2, 0.25) is 0 Å². The molecule has 1 saturated heterocycles. The SMILES string of the molecule is Cc1csc(N2CCC(CC(=O)NCC(F)F)CC2)n1. The number of halogens is 2. The zero-order valence-electron chi connectivity index (χ0n) is 11.4. The van der Waals surface area contributed by atoms with Gasteiger partial charge in [0, 0.05) is 24.9 Å². The molecule has 0 aliphatic carbocycles. The molecule has 0 radical (unpaired) electrons. The molecular weight excluding hydrogens is 284 g/mol. The molecule has 1 aliphatic rings. The normalized spacial score (nSPS) is 16.7. The number of hydrogen-bond acceptors (Lipinski definition) is 4. The van der Waals surface area contributed by atoms with E-state index in [1.807, 2.05) is 12.3 Å². The molecule has 2 rings (SSSR count). The highest BCUT2D eigenvalue weighted by atomic mass is 32.1. The highest BCUT2D eigenvalue weighted by Gasteiger charge is 2.23. The number of aromatic nitrogens is 1. The van der Waals surface area contributed by atoms with Gasteiger partial charge in [-0.2, -0.15) is 0 Å². The predicted molar refractivity (Wildman–Crippen MR) is 75.4 cm³/mol. The molecule has 0 unspecified atom stereocenters. The van der Waals surface area contributed by atoms with Crippen molar-refractivity contribution in [3.05, 3.63) is 11.1 Å². The Morgan fingerprint density at radius 3 is 2.80 bits per heavy atom. The number of carbonyl (C=O) groups is 1. The highest BCUT2D eigenvalue weighted by Crippen LogP contribution is 2.27. The van der Waals surface area contributed by atoms with E-state index in [4.69, 9.17) is 0 Å². The Bertz CT molecular complexity index is 445. The van der Waals surface area contributed by atoms with E-state index in [0.29, 0.717) is 6.42 Å². The first kappa shape index (κ1) is 15.2. The average molecular weight is 303 g/mol. The van der Waals surface area contributed by atoms with E-state index in [1.165, 1.54) is 0 Å². The smallest absolute Gasteiger partial charge is 0.255 e. The van der Waals surface area contributed by atoms with Gasteiger partial charge in [-0.05, 0) is 25.7 Å². The minimum absolute atomic E-state index is 0.270. The van der Waals surface area contributed by atoms with E-state index in [9.17, 15) is 13.6 Å². The summed E-state index contributed by atoms with van der Waals surface area (Å²) in [6.45, 7) is 3.18. The standard InChI is InChI=1S/C13H19F2N3OS/c1-9-8-20-13(17-9)18-4-2-10(3-5-18)6-12(19)16-7-11(14)15/h8,10-11H,2-7H2,1H3,(H,16,19). The lowest BCUT2D eigenvalue weighted by Crippen LogP contribution is -2.36. The fourth-order valence-electron chi connectivity index (χ4n) is 2.34. The maximum Gasteiger partial charge on any atom is 0.255 e. The lowest BCUT2D eigenvalue weighted by Gasteiger charge is -2.31. The summed E-state index contributed by atoms with van der Waals surface area (Å²) in [5.41, 5.74) is 1.03. The van der Waals surface area contributed by atoms with Crippen LogP contribution >= 0.6 is 11.3 Å². The second kappa shape index (κ2) is 6.97. The molecule has 0 spiro atoms. The third kappa shape index (κ3) is 4.40. The summed E-state index contributed by atoms with van der Waals surface area (Å²) in [4.78, 5) is 18.2. The van der Waals surface area contributed by atoms with E-state index in [1.54, 1.807) is 11.3 Å². The van der Waals surface area contributed by atoms with Crippen LogP contribution in [0.5, 0.6) is 0 Å². The van der Waals surface area contributed by atoms with E-state index in [0.717, 1.165) is 36.8 Å². The Kier molecular flexibility index (Phi) is 5.28. The number of amides is 1. The fourth-order valence-corrected chi connectivity index (χ4v) is 3.20. The van der Waals surface area contributed by atoms with E-state index < -0.39 is 13.0 Å². The maximum atomic E-state index is 12.0. The molecule has 1 aliphatic heterocycles. The number of rotatable bonds is 5. The minimum atomic E-state index is -2.48. The number of nitrogens with one attached hydrogen (secondary N) is 1. The molecule has 1 N–H and O–H groups in total. The van der Waals surface area contributed by atoms with Crippen LogP contribution in [0.25, 0.3) is 0 Å². The predicted octanol–water partition coefficient (Wildman–Crippen LogP) is 2.44. The van der Waals surface area contributed by atoms with Crippen LogP contribution in [0, 0.1) is 12.8 Å². The van der Waals surface area contributed by atoms with Gasteiger partial charge in [0.25, 0.3) is 6.43 Å². The van der Waals surface area contributed by atoms with Gasteiger partial charge >= 0.3 is 0 Å². The van der Waals surface area contributed by atoms with Gasteiger partial charge in [0.05, 0.1) is 12.2 Å². The maximum absolute atomic E-state index is 12.0. The van der Waals surface area contributed by atoms with Gasteiger partial charge in [0.1, 0.15) is 0 Å². The van der Waals surface area contributed by atoms with Crippen LogP contribution in [-0.2, 0) is 4.79 Å². The Labute approximate surface area is 121 Å². The number of hydrogen-bond donors (Lipinski definition) is 1. The van der Waals surface area contributed by atoms with Crippen molar-refractivity contribution in [2.75, 3.05) is 24.5 Å². The Morgan fingerprint density at radius 2 is 2.25 bits per heavy atom. The minimum Gasteiger partial charge on any atom is -0.350 e. The number of carbonyl (C=O) groups excluding carboxylic acids is 1. The molecule has 1 aromatic heterocycles. The molecule has 20 heavy (non-hydrogen) atoms. The van der Waals surface area contributed by atoms with Crippen molar-refractivity contribution >= 4 is 22.4 Å². The topological polar surface area (TPSA) is 45.2 Å². The molecular formula is C13H19F2N3OS. The van der Waals surface area contributed by atoms with Gasteiger partial charge in [-0.1, -0.05) is 0 Å². The first-order valence-electron chi connectivity index (χ1n) is 6.76. The summed E-state index contributed by atoms with van der Waals surface area (Å²) < 4.78 is 24.0. The second-order valence-corrected chi connectivity index (χ2v) is 5.94. The van der Waals surface area contributed by atoms with Crippen molar-refractivity contribution < 1.29 is 13.6 Å². The van der Waals surface area contributed by atoms with E-state index in [-0.39, 0.29) is 11.8 Å². The van der Waals surface area contributed by atoms with Gasteiger partial charge < -0.3 is 10.2 Å². The van der Waals surface area contributed by atoms with Gasteiger partial charge in [-0.3, -0.25) is 4.79 Å². The third-order valence-corrected chi connectivity index (χ3v) is 4.44. The number of aryl methyl sites for hydroxylation is 1. The Hall–Kier alpha value is -1.24. The lowest BCUT2D eigenvalue weighted by molar-refractivity contribution is -0.122. The summed E-state index contributed by atoms with van der Waals surface area (Å²) >= 11 is 1.63. The Morgan fingerprint density at radius 1 is 1.55 bits per heavy atom. The monoisotopic (exact) mass is 303 g/mol. The van der Waals surface area contributed by atoms with E-state index >= 15 is 0 Å². The highest BCUT2D eigenvalue weighted by molar-refractivity contribution is 7.13. The van der Waals surface area contributed by atoms with Crippen LogP contribution in [0.1, 0.15) is 25.0 Å². The molecule has 0 atom stereocenters. The van der Waals surface area contributed by atoms with E-state index in [2.05, 4.69) is 15.2 Å². The van der Waals surface area contributed by atoms with Gasteiger partial charge in [0.15, 0.2) is 5.13 Å². The summed E-state index contributed by atoms with van der Waals surface area (Å²) in [5.74, 6) is 0.0128. The summed E-state index contributed by atoms with van der Waals surface area (Å²) in [7, 11) is 0. The third-order valence-electron chi connectivity index (χ3n) is 3.42. The second-order valence-electron chi connectivity index (χ2n) is 5.10. The molecule has 1 amide bonds. The molecule has 0 bridgehead atoms. The zero-order valence-corrected chi connectivity index (χ0v) is 12.3. The van der Waals surface area contributed by atoms with Gasteiger partial charge in [0.2, 0.25) is 5.91 Å². The number of anilines is 1. The summed E-state index contributed by atoms with van der Waals surface area (Å²) in [6, 6.07) is 0. The first-order chi connectivity index (χ1) is 9.54.